The van der Waals surface area contributed by atoms with Gasteiger partial charge in [0.25, 0.3) is 0 Å². The number of carbonyl (C=O) groups excluding carboxylic acids is 1. The molecule has 0 aliphatic carbocycles. The van der Waals surface area contributed by atoms with E-state index in [0.29, 0.717) is 5.56 Å². The van der Waals surface area contributed by atoms with Gasteiger partial charge < -0.3 is 0 Å². The Morgan fingerprint density at radius 2 is 1.62 bits per heavy atom. The number of hydrogen-bond donors (Lipinski definition) is 0. The van der Waals surface area contributed by atoms with Gasteiger partial charge in [-0.2, -0.15) is 0 Å². The summed E-state index contributed by atoms with van der Waals surface area (Å²) < 4.78 is 0.963. The molecule has 5 rings (SSSR count). The maximum absolute atomic E-state index is 12.8. The van der Waals surface area contributed by atoms with Crippen LogP contribution in [0.15, 0.2) is 77.3 Å². The van der Waals surface area contributed by atoms with E-state index < -0.39 is 0 Å². The van der Waals surface area contributed by atoms with Crippen molar-refractivity contribution in [2.24, 2.45) is 0 Å². The van der Waals surface area contributed by atoms with E-state index in [0.717, 1.165) is 35.9 Å². The number of hydrogen-bond acceptors (Lipinski definition) is 3. The van der Waals surface area contributed by atoms with Gasteiger partial charge >= 0.3 is 0 Å². The lowest BCUT2D eigenvalue weighted by molar-refractivity contribution is 0.104. The predicted molar refractivity (Wildman–Crippen MR) is 112 cm³/mol. The summed E-state index contributed by atoms with van der Waals surface area (Å²) in [6.07, 6.45) is 0. The zero-order valence-corrected chi connectivity index (χ0v) is 16.0. The van der Waals surface area contributed by atoms with Crippen molar-refractivity contribution in [2.45, 2.75) is 0 Å². The molecule has 0 aliphatic rings. The summed E-state index contributed by atoms with van der Waals surface area (Å²) in [5, 5.41) is 4.42. The van der Waals surface area contributed by atoms with Crippen molar-refractivity contribution in [1.29, 1.82) is 0 Å². The first-order chi connectivity index (χ1) is 12.7. The zero-order valence-electron chi connectivity index (χ0n) is 13.6. The molecule has 2 aromatic heterocycles. The van der Waals surface area contributed by atoms with Crippen LogP contribution in [0.5, 0.6) is 0 Å². The molecule has 124 valence electrons. The number of fused-ring (bicyclic) bond motifs is 4. The molecule has 0 aliphatic heterocycles. The first-order valence-corrected chi connectivity index (χ1v) is 9.82. The highest BCUT2D eigenvalue weighted by Gasteiger charge is 2.14. The fourth-order valence-electron chi connectivity index (χ4n) is 3.22. The number of aromatic nitrogens is 1. The monoisotopic (exact) mass is 417 g/mol. The van der Waals surface area contributed by atoms with Crippen LogP contribution in [0, 0.1) is 0 Å². The minimum absolute atomic E-state index is 0.0365. The van der Waals surface area contributed by atoms with Gasteiger partial charge in [-0.15, -0.1) is 11.3 Å². The van der Waals surface area contributed by atoms with E-state index >= 15 is 0 Å². The molecule has 2 heterocycles. The van der Waals surface area contributed by atoms with Crippen LogP contribution in [0.1, 0.15) is 15.2 Å². The fraction of sp³-hybridized carbons (Fsp3) is 0. The van der Waals surface area contributed by atoms with Gasteiger partial charge in [-0.3, -0.25) is 4.79 Å². The lowest BCUT2D eigenvalue weighted by Crippen LogP contribution is -1.97. The molecule has 0 unspecified atom stereocenters. The number of carbonyl (C=O) groups is 1. The van der Waals surface area contributed by atoms with Crippen LogP contribution in [0.4, 0.5) is 0 Å². The van der Waals surface area contributed by atoms with E-state index in [2.05, 4.69) is 46.3 Å². The Hall–Kier alpha value is -2.56. The van der Waals surface area contributed by atoms with Crippen molar-refractivity contribution in [2.75, 3.05) is 0 Å². The molecule has 0 saturated carbocycles. The van der Waals surface area contributed by atoms with Crippen molar-refractivity contribution in [3.8, 4) is 0 Å². The highest BCUT2D eigenvalue weighted by molar-refractivity contribution is 9.10. The number of nitrogens with zero attached hydrogens (tertiary/aromatic N) is 1. The second-order valence-electron chi connectivity index (χ2n) is 6.19. The minimum atomic E-state index is 0.0365. The fourth-order valence-corrected chi connectivity index (χ4v) is 4.47. The van der Waals surface area contributed by atoms with Crippen molar-refractivity contribution in [1.82, 2.24) is 4.98 Å². The van der Waals surface area contributed by atoms with E-state index in [1.807, 2.05) is 42.5 Å². The normalized spacial score (nSPS) is 11.4. The number of rotatable bonds is 2. The third-order valence-electron chi connectivity index (χ3n) is 4.53. The second-order valence-corrected chi connectivity index (χ2v) is 8.13. The molecule has 0 spiro atoms. The molecule has 4 heteroatoms. The quantitative estimate of drug-likeness (QED) is 0.239. The van der Waals surface area contributed by atoms with Gasteiger partial charge in [0.2, 0.25) is 5.78 Å². The van der Waals surface area contributed by atoms with Gasteiger partial charge in [-0.25, -0.2) is 4.98 Å². The third-order valence-corrected chi connectivity index (χ3v) is 6.10. The van der Waals surface area contributed by atoms with Crippen LogP contribution in [0.3, 0.4) is 0 Å². The highest BCUT2D eigenvalue weighted by Crippen LogP contribution is 2.32. The minimum Gasteiger partial charge on any atom is -0.288 e. The van der Waals surface area contributed by atoms with Gasteiger partial charge in [0.05, 0.1) is 10.4 Å². The number of ketones is 1. The largest absolute Gasteiger partial charge is 0.288 e. The number of thiophene rings is 1. The van der Waals surface area contributed by atoms with Crippen LogP contribution in [0.2, 0.25) is 0 Å². The number of pyridine rings is 1. The van der Waals surface area contributed by atoms with Crippen LogP contribution in [-0.2, 0) is 0 Å². The topological polar surface area (TPSA) is 30.0 Å². The average molecular weight is 418 g/mol. The first-order valence-electron chi connectivity index (χ1n) is 8.21. The van der Waals surface area contributed by atoms with E-state index in [1.54, 1.807) is 0 Å². The Morgan fingerprint density at radius 3 is 2.46 bits per heavy atom. The average Bonchev–Trinajstić information content (AvgIpc) is 3.09. The first kappa shape index (κ1) is 15.7. The Kier molecular flexibility index (Phi) is 3.62. The van der Waals surface area contributed by atoms with Gasteiger partial charge in [-0.05, 0) is 41.8 Å². The zero-order chi connectivity index (χ0) is 17.7. The van der Waals surface area contributed by atoms with Crippen molar-refractivity contribution in [3.63, 3.8) is 0 Å². The third kappa shape index (κ3) is 2.54. The maximum Gasteiger partial charge on any atom is 0.203 e. The molecule has 0 bridgehead atoms. The summed E-state index contributed by atoms with van der Waals surface area (Å²) in [6.45, 7) is 0. The second kappa shape index (κ2) is 6.01. The van der Waals surface area contributed by atoms with E-state index in [-0.39, 0.29) is 5.78 Å². The van der Waals surface area contributed by atoms with Crippen molar-refractivity contribution in [3.05, 3.63) is 87.7 Å². The Morgan fingerprint density at radius 1 is 0.846 bits per heavy atom. The van der Waals surface area contributed by atoms with Gasteiger partial charge in [-0.1, -0.05) is 52.3 Å². The van der Waals surface area contributed by atoms with E-state index in [1.165, 1.54) is 16.7 Å². The summed E-state index contributed by atoms with van der Waals surface area (Å²) in [5.41, 5.74) is 1.68. The Labute approximate surface area is 162 Å². The van der Waals surface area contributed by atoms with Crippen LogP contribution < -0.4 is 0 Å². The molecule has 0 fully saturated rings. The summed E-state index contributed by atoms with van der Waals surface area (Å²) >= 11 is 4.86. The van der Waals surface area contributed by atoms with Crippen LogP contribution in [0.25, 0.3) is 31.9 Å². The number of benzene rings is 3. The summed E-state index contributed by atoms with van der Waals surface area (Å²) in [4.78, 5) is 19.3. The van der Waals surface area contributed by atoms with E-state index in [9.17, 15) is 4.79 Å². The van der Waals surface area contributed by atoms with Crippen LogP contribution >= 0.6 is 27.3 Å². The molecule has 5 aromatic rings. The molecule has 0 saturated heterocycles. The van der Waals surface area contributed by atoms with Crippen molar-refractivity contribution >= 4 is 64.9 Å². The predicted octanol–water partition coefficient (Wildman–Crippen LogP) is 6.60. The lowest BCUT2D eigenvalue weighted by atomic mass is 10.1. The summed E-state index contributed by atoms with van der Waals surface area (Å²) in [5.74, 6) is 0.0365. The molecular weight excluding hydrogens is 406 g/mol. The molecule has 26 heavy (non-hydrogen) atoms. The van der Waals surface area contributed by atoms with Gasteiger partial charge in [0.15, 0.2) is 0 Å². The maximum atomic E-state index is 12.8. The standard InChI is InChI=1S/C22H12BrNOS/c23-17-9-7-14(8-10-17)21(25)19-12-16-11-15-6-5-13-3-1-2-4-18(13)20(15)24-22(16)26-19/h1-12H. The molecule has 0 N–H and O–H groups in total. The highest BCUT2D eigenvalue weighted by atomic mass is 79.9. The molecule has 0 atom stereocenters. The summed E-state index contributed by atoms with van der Waals surface area (Å²) in [6, 6.07) is 24.0. The Balaban J connectivity index is 1.69. The Bertz CT molecular complexity index is 1300. The van der Waals surface area contributed by atoms with Crippen molar-refractivity contribution < 1.29 is 4.79 Å². The number of halogens is 1. The van der Waals surface area contributed by atoms with Gasteiger partial charge in [0.1, 0.15) is 4.83 Å². The lowest BCUT2D eigenvalue weighted by Gasteiger charge is -2.02. The summed E-state index contributed by atoms with van der Waals surface area (Å²) in [7, 11) is 0. The van der Waals surface area contributed by atoms with E-state index in [4.69, 9.17) is 4.98 Å². The molecule has 3 aromatic carbocycles. The molecular formula is C22H12BrNOS. The SMILES string of the molecule is O=C(c1ccc(Br)cc1)c1cc2cc3ccc4ccccc4c3nc2s1. The molecule has 0 radical (unpaired) electrons. The molecule has 2 nitrogen and oxygen atoms in total. The smallest absolute Gasteiger partial charge is 0.203 e. The van der Waals surface area contributed by atoms with Gasteiger partial charge in [0, 0.05) is 26.2 Å². The molecule has 0 amide bonds. The van der Waals surface area contributed by atoms with Crippen LogP contribution in [-0.4, -0.2) is 10.8 Å².